The van der Waals surface area contributed by atoms with E-state index in [-0.39, 0.29) is 24.0 Å². The Labute approximate surface area is 138 Å². The van der Waals surface area contributed by atoms with Gasteiger partial charge in [0.25, 0.3) is 0 Å². The Hall–Kier alpha value is -0.850. The lowest BCUT2D eigenvalue weighted by Crippen LogP contribution is -2.30. The Morgan fingerprint density at radius 2 is 2.15 bits per heavy atom. The number of hydrogen-bond donors (Lipinski definition) is 2. The van der Waals surface area contributed by atoms with Crippen molar-refractivity contribution in [1.29, 1.82) is 0 Å². The number of guanidine groups is 1. The number of aliphatic imine (C=N–C) groups is 1. The highest BCUT2D eigenvalue weighted by Crippen LogP contribution is 2.38. The molecule has 1 aliphatic carbocycles. The Morgan fingerprint density at radius 3 is 2.75 bits per heavy atom. The van der Waals surface area contributed by atoms with E-state index in [2.05, 4.69) is 29.1 Å². The molecule has 0 atom stereocenters. The predicted octanol–water partition coefficient (Wildman–Crippen LogP) is 3.64. The number of anilines is 1. The summed E-state index contributed by atoms with van der Waals surface area (Å²) in [5.74, 6) is 2.06. The second-order valence-corrected chi connectivity index (χ2v) is 6.03. The quantitative estimate of drug-likeness (QED) is 0.472. The third kappa shape index (κ3) is 5.26. The molecule has 20 heavy (non-hydrogen) atoms. The number of nitrogens with one attached hydrogen (secondary N) is 1. The van der Waals surface area contributed by atoms with Crippen LogP contribution in [0.2, 0.25) is 0 Å². The second kappa shape index (κ2) is 7.81. The molecule has 0 aromatic carbocycles. The van der Waals surface area contributed by atoms with Gasteiger partial charge in [-0.2, -0.15) is 0 Å². The zero-order chi connectivity index (χ0) is 13.7. The molecule has 0 radical (unpaired) electrons. The molecule has 1 heterocycles. The van der Waals surface area contributed by atoms with E-state index in [1.807, 2.05) is 18.2 Å². The minimum atomic E-state index is 0. The summed E-state index contributed by atoms with van der Waals surface area (Å²) < 4.78 is 0. The maximum atomic E-state index is 5.91. The van der Waals surface area contributed by atoms with Gasteiger partial charge in [0.15, 0.2) is 5.96 Å². The van der Waals surface area contributed by atoms with Crippen LogP contribution in [0.25, 0.3) is 0 Å². The Balaban J connectivity index is 0.00000200. The van der Waals surface area contributed by atoms with Crippen molar-refractivity contribution in [2.24, 2.45) is 22.1 Å². The van der Waals surface area contributed by atoms with Gasteiger partial charge in [-0.25, -0.2) is 4.98 Å². The lowest BCUT2D eigenvalue weighted by molar-refractivity contribution is 0.187. The van der Waals surface area contributed by atoms with Gasteiger partial charge in [0.1, 0.15) is 5.82 Å². The molecule has 2 rings (SSSR count). The molecule has 112 valence electrons. The summed E-state index contributed by atoms with van der Waals surface area (Å²) in [4.78, 5) is 8.65. The van der Waals surface area contributed by atoms with E-state index in [1.54, 1.807) is 6.20 Å². The maximum Gasteiger partial charge on any atom is 0.194 e. The van der Waals surface area contributed by atoms with E-state index < -0.39 is 0 Å². The normalized spacial score (nSPS) is 26.7. The number of hydrogen-bond acceptors (Lipinski definition) is 2. The Morgan fingerprint density at radius 1 is 1.45 bits per heavy atom. The highest BCUT2D eigenvalue weighted by molar-refractivity contribution is 14.0. The van der Waals surface area contributed by atoms with Crippen LogP contribution in [0.5, 0.6) is 0 Å². The summed E-state index contributed by atoms with van der Waals surface area (Å²) in [6.07, 6.45) is 6.84. The van der Waals surface area contributed by atoms with Crippen LogP contribution in [0.1, 0.15) is 39.5 Å². The summed E-state index contributed by atoms with van der Waals surface area (Å²) in [5.41, 5.74) is 6.22. The predicted molar refractivity (Wildman–Crippen MR) is 95.5 cm³/mol. The van der Waals surface area contributed by atoms with Gasteiger partial charge < -0.3 is 11.1 Å². The third-order valence-corrected chi connectivity index (χ3v) is 4.03. The number of pyridine rings is 1. The maximum absolute atomic E-state index is 5.91. The average molecular weight is 388 g/mol. The monoisotopic (exact) mass is 388 g/mol. The van der Waals surface area contributed by atoms with E-state index in [0.29, 0.717) is 11.4 Å². The summed E-state index contributed by atoms with van der Waals surface area (Å²) in [6.45, 7) is 5.45. The van der Waals surface area contributed by atoms with Gasteiger partial charge in [-0.3, -0.25) is 4.99 Å². The minimum absolute atomic E-state index is 0. The first-order valence-corrected chi connectivity index (χ1v) is 7.05. The summed E-state index contributed by atoms with van der Waals surface area (Å²) in [5, 5.41) is 3.02. The van der Waals surface area contributed by atoms with Gasteiger partial charge >= 0.3 is 0 Å². The first-order valence-electron chi connectivity index (χ1n) is 7.05. The zero-order valence-corrected chi connectivity index (χ0v) is 14.6. The average Bonchev–Trinajstić information content (AvgIpc) is 2.42. The van der Waals surface area contributed by atoms with E-state index in [9.17, 15) is 0 Å². The number of nitrogens with zero attached hydrogens (tertiary/aromatic N) is 2. The molecular weight excluding hydrogens is 363 g/mol. The highest BCUT2D eigenvalue weighted by Gasteiger charge is 2.29. The summed E-state index contributed by atoms with van der Waals surface area (Å²) in [7, 11) is 0. The number of nitrogens with two attached hydrogens (primary N) is 1. The fraction of sp³-hybridized carbons (Fsp3) is 0.600. The molecule has 0 bridgehead atoms. The van der Waals surface area contributed by atoms with Gasteiger partial charge in [0.2, 0.25) is 0 Å². The Bertz CT molecular complexity index is 425. The van der Waals surface area contributed by atoms with Crippen LogP contribution in [-0.2, 0) is 0 Å². The molecule has 0 aliphatic heterocycles. The molecule has 5 heteroatoms. The molecule has 1 saturated carbocycles. The molecule has 3 N–H and O–H groups in total. The van der Waals surface area contributed by atoms with Crippen molar-refractivity contribution in [3.05, 3.63) is 24.4 Å². The van der Waals surface area contributed by atoms with E-state index in [4.69, 9.17) is 5.73 Å². The van der Waals surface area contributed by atoms with Gasteiger partial charge in [-0.1, -0.05) is 32.8 Å². The smallest absolute Gasteiger partial charge is 0.194 e. The molecular formula is C15H25IN4. The molecule has 0 unspecified atom stereocenters. The largest absolute Gasteiger partial charge is 0.370 e. The van der Waals surface area contributed by atoms with Gasteiger partial charge in [-0.15, -0.1) is 24.0 Å². The van der Waals surface area contributed by atoms with E-state index in [1.165, 1.54) is 25.7 Å². The van der Waals surface area contributed by atoms with Crippen molar-refractivity contribution in [2.75, 3.05) is 11.9 Å². The number of halogens is 1. The van der Waals surface area contributed by atoms with Crippen LogP contribution in [0.3, 0.4) is 0 Å². The van der Waals surface area contributed by atoms with Gasteiger partial charge in [0.05, 0.1) is 0 Å². The van der Waals surface area contributed by atoms with Crippen LogP contribution >= 0.6 is 24.0 Å². The summed E-state index contributed by atoms with van der Waals surface area (Å²) in [6, 6.07) is 5.68. The van der Waals surface area contributed by atoms with Crippen molar-refractivity contribution in [2.45, 2.75) is 39.5 Å². The van der Waals surface area contributed by atoms with Gasteiger partial charge in [-0.05, 0) is 36.3 Å². The lowest BCUT2D eigenvalue weighted by Gasteiger charge is -2.35. The molecule has 1 aromatic rings. The molecule has 0 amide bonds. The van der Waals surface area contributed by atoms with E-state index >= 15 is 0 Å². The van der Waals surface area contributed by atoms with Crippen molar-refractivity contribution >= 4 is 35.8 Å². The second-order valence-electron chi connectivity index (χ2n) is 6.03. The fourth-order valence-electron chi connectivity index (χ4n) is 2.50. The first kappa shape index (κ1) is 17.2. The third-order valence-electron chi connectivity index (χ3n) is 4.03. The SMILES string of the molecule is CC1CCC(C)(CN=C(N)Nc2ccccn2)CC1.I. The molecule has 1 aromatic heterocycles. The number of rotatable bonds is 3. The van der Waals surface area contributed by atoms with Crippen LogP contribution in [0.4, 0.5) is 5.82 Å². The van der Waals surface area contributed by atoms with E-state index in [0.717, 1.165) is 18.3 Å². The van der Waals surface area contributed by atoms with Gasteiger partial charge in [0, 0.05) is 12.7 Å². The molecule has 4 nitrogen and oxygen atoms in total. The van der Waals surface area contributed by atoms with Crippen LogP contribution in [0.15, 0.2) is 29.4 Å². The lowest BCUT2D eigenvalue weighted by atomic mass is 9.72. The molecule has 0 saturated heterocycles. The van der Waals surface area contributed by atoms with Crippen molar-refractivity contribution in [3.8, 4) is 0 Å². The minimum Gasteiger partial charge on any atom is -0.370 e. The van der Waals surface area contributed by atoms with Crippen LogP contribution in [0, 0.1) is 11.3 Å². The zero-order valence-electron chi connectivity index (χ0n) is 12.3. The van der Waals surface area contributed by atoms with Crippen LogP contribution in [-0.4, -0.2) is 17.5 Å². The molecule has 1 aliphatic rings. The summed E-state index contributed by atoms with van der Waals surface area (Å²) >= 11 is 0. The molecule has 0 spiro atoms. The number of aromatic nitrogens is 1. The standard InChI is InChI=1S/C15H24N4.HI/c1-12-6-8-15(2,9-7-12)11-18-14(16)19-13-5-3-4-10-17-13;/h3-5,10,12H,6-9,11H2,1-2H3,(H3,16,17,18,19);1H. The van der Waals surface area contributed by atoms with Crippen molar-refractivity contribution in [1.82, 2.24) is 4.98 Å². The first-order chi connectivity index (χ1) is 9.07. The highest BCUT2D eigenvalue weighted by atomic mass is 127. The topological polar surface area (TPSA) is 63.3 Å². The fourth-order valence-corrected chi connectivity index (χ4v) is 2.50. The van der Waals surface area contributed by atoms with Crippen molar-refractivity contribution < 1.29 is 0 Å². The van der Waals surface area contributed by atoms with Crippen LogP contribution < -0.4 is 11.1 Å². The Kier molecular flexibility index (Phi) is 6.71. The van der Waals surface area contributed by atoms with Crippen molar-refractivity contribution in [3.63, 3.8) is 0 Å². The molecule has 1 fully saturated rings.